The molecule has 2 aliphatic carbocycles. The van der Waals surface area contributed by atoms with E-state index >= 15 is 0 Å². The van der Waals surface area contributed by atoms with E-state index in [1.165, 1.54) is 16.7 Å². The van der Waals surface area contributed by atoms with Gasteiger partial charge in [0, 0.05) is 5.41 Å². The Morgan fingerprint density at radius 1 is 1.08 bits per heavy atom. The Balaban J connectivity index is 1.81. The second-order valence-electron chi connectivity index (χ2n) is 8.10. The monoisotopic (exact) mass is 322 g/mol. The number of fused-ring (bicyclic) bond motifs is 3. The lowest BCUT2D eigenvalue weighted by molar-refractivity contribution is -0.0367. The van der Waals surface area contributed by atoms with Gasteiger partial charge in [0.15, 0.2) is 0 Å². The van der Waals surface area contributed by atoms with Crippen molar-refractivity contribution in [2.75, 3.05) is 0 Å². The van der Waals surface area contributed by atoms with E-state index in [9.17, 15) is 10.2 Å². The molecule has 1 saturated carbocycles. The quantitative estimate of drug-likeness (QED) is 0.862. The van der Waals surface area contributed by atoms with Crippen LogP contribution in [0.1, 0.15) is 49.3 Å². The number of rotatable bonds is 2. The number of benzene rings is 2. The summed E-state index contributed by atoms with van der Waals surface area (Å²) in [6.45, 7) is 1.99. The second-order valence-corrected chi connectivity index (χ2v) is 8.10. The second kappa shape index (κ2) is 5.63. The maximum absolute atomic E-state index is 10.6. The Kier molecular flexibility index (Phi) is 3.69. The molecule has 0 radical (unpaired) electrons. The van der Waals surface area contributed by atoms with Crippen LogP contribution in [-0.2, 0) is 18.3 Å². The molecule has 126 valence electrons. The average molecular weight is 322 g/mol. The van der Waals surface area contributed by atoms with Gasteiger partial charge in [0.25, 0.3) is 0 Å². The van der Waals surface area contributed by atoms with Gasteiger partial charge in [-0.2, -0.15) is 0 Å². The van der Waals surface area contributed by atoms with E-state index in [1.807, 2.05) is 19.1 Å². The lowest BCUT2D eigenvalue weighted by atomic mass is 9.53. The van der Waals surface area contributed by atoms with E-state index in [4.69, 9.17) is 0 Å². The Hall–Kier alpha value is -1.80. The molecule has 0 aromatic heterocycles. The van der Waals surface area contributed by atoms with Crippen LogP contribution < -0.4 is 0 Å². The molecule has 2 aliphatic rings. The predicted molar refractivity (Wildman–Crippen MR) is 96.2 cm³/mol. The van der Waals surface area contributed by atoms with Crippen molar-refractivity contribution in [1.29, 1.82) is 0 Å². The zero-order valence-corrected chi connectivity index (χ0v) is 14.3. The molecule has 0 bridgehead atoms. The molecule has 0 heterocycles. The van der Waals surface area contributed by atoms with Crippen LogP contribution in [0.15, 0.2) is 48.5 Å². The summed E-state index contributed by atoms with van der Waals surface area (Å²) in [5.41, 5.74) is 3.61. The van der Waals surface area contributed by atoms with Gasteiger partial charge in [-0.1, -0.05) is 36.4 Å². The summed E-state index contributed by atoms with van der Waals surface area (Å²) in [4.78, 5) is 0. The molecule has 24 heavy (non-hydrogen) atoms. The number of phenols is 1. The number of aliphatic hydroxyl groups is 1. The SMILES string of the molecule is C[C@@]1(O)CC[C@@]2(Cc3ccccc3)c3ccc(O)cc3CCC2C1. The maximum atomic E-state index is 10.6. The molecule has 0 aliphatic heterocycles. The fourth-order valence-corrected chi connectivity index (χ4v) is 5.15. The van der Waals surface area contributed by atoms with E-state index in [1.54, 1.807) is 0 Å². The van der Waals surface area contributed by atoms with Gasteiger partial charge in [0.1, 0.15) is 5.75 Å². The number of hydrogen-bond donors (Lipinski definition) is 2. The molecule has 2 aromatic carbocycles. The highest BCUT2D eigenvalue weighted by atomic mass is 16.3. The van der Waals surface area contributed by atoms with Crippen molar-refractivity contribution < 1.29 is 10.2 Å². The molecule has 1 fully saturated rings. The molecule has 4 rings (SSSR count). The first-order chi connectivity index (χ1) is 11.5. The zero-order valence-electron chi connectivity index (χ0n) is 14.3. The summed E-state index contributed by atoms with van der Waals surface area (Å²) >= 11 is 0. The lowest BCUT2D eigenvalue weighted by Gasteiger charge is -2.52. The van der Waals surface area contributed by atoms with Crippen molar-refractivity contribution in [2.45, 2.75) is 56.5 Å². The van der Waals surface area contributed by atoms with Crippen molar-refractivity contribution >= 4 is 0 Å². The van der Waals surface area contributed by atoms with Crippen molar-refractivity contribution in [1.82, 2.24) is 0 Å². The summed E-state index contributed by atoms with van der Waals surface area (Å²) in [7, 11) is 0. The molecule has 2 nitrogen and oxygen atoms in total. The van der Waals surface area contributed by atoms with Crippen molar-refractivity contribution in [3.8, 4) is 5.75 Å². The van der Waals surface area contributed by atoms with Gasteiger partial charge in [-0.25, -0.2) is 0 Å². The first kappa shape index (κ1) is 15.7. The Morgan fingerprint density at radius 3 is 2.67 bits per heavy atom. The Bertz CT molecular complexity index is 735. The van der Waals surface area contributed by atoms with Gasteiger partial charge in [0.2, 0.25) is 0 Å². The average Bonchev–Trinajstić information content (AvgIpc) is 2.56. The minimum absolute atomic E-state index is 0.0882. The van der Waals surface area contributed by atoms with Gasteiger partial charge in [-0.3, -0.25) is 0 Å². The highest BCUT2D eigenvalue weighted by Crippen LogP contribution is 2.54. The summed E-state index contributed by atoms with van der Waals surface area (Å²) in [6, 6.07) is 16.6. The van der Waals surface area contributed by atoms with Crippen molar-refractivity contribution in [3.63, 3.8) is 0 Å². The van der Waals surface area contributed by atoms with Gasteiger partial charge < -0.3 is 10.2 Å². The first-order valence-corrected chi connectivity index (χ1v) is 9.07. The van der Waals surface area contributed by atoms with E-state index in [0.29, 0.717) is 11.7 Å². The minimum Gasteiger partial charge on any atom is -0.508 e. The Morgan fingerprint density at radius 2 is 1.88 bits per heavy atom. The maximum Gasteiger partial charge on any atom is 0.115 e. The fourth-order valence-electron chi connectivity index (χ4n) is 5.15. The number of aryl methyl sites for hydroxylation is 1. The number of hydrogen-bond acceptors (Lipinski definition) is 2. The Labute approximate surface area is 144 Å². The topological polar surface area (TPSA) is 40.5 Å². The summed E-state index contributed by atoms with van der Waals surface area (Å²) < 4.78 is 0. The third-order valence-corrected chi connectivity index (χ3v) is 6.33. The van der Waals surface area contributed by atoms with Crippen molar-refractivity contribution in [3.05, 3.63) is 65.2 Å². The standard InChI is InChI=1S/C22H26O2/c1-21(24)11-12-22(14-16-5-3-2-4-6-16)18(15-21)8-7-17-13-19(23)9-10-20(17)22/h2-6,9-10,13,18,23-24H,7-8,11-12,14-15H2,1H3/t18?,21-,22+/m1/s1. The highest BCUT2D eigenvalue weighted by Gasteiger charge is 2.50. The van der Waals surface area contributed by atoms with E-state index in [2.05, 4.69) is 36.4 Å². The molecule has 0 spiro atoms. The van der Waals surface area contributed by atoms with Gasteiger partial charge in [-0.05, 0) is 80.2 Å². The zero-order chi connectivity index (χ0) is 16.8. The van der Waals surface area contributed by atoms with Crippen LogP contribution in [0.2, 0.25) is 0 Å². The summed E-state index contributed by atoms with van der Waals surface area (Å²) in [6.07, 6.45) is 5.85. The molecule has 2 N–H and O–H groups in total. The number of phenolic OH excluding ortho intramolecular Hbond substituents is 1. The van der Waals surface area contributed by atoms with Crippen LogP contribution in [0.3, 0.4) is 0 Å². The smallest absolute Gasteiger partial charge is 0.115 e. The molecule has 0 amide bonds. The molecule has 0 saturated heterocycles. The van der Waals surface area contributed by atoms with Gasteiger partial charge in [0.05, 0.1) is 5.60 Å². The third-order valence-electron chi connectivity index (χ3n) is 6.33. The minimum atomic E-state index is -0.542. The normalized spacial score (nSPS) is 32.0. The van der Waals surface area contributed by atoms with Gasteiger partial charge >= 0.3 is 0 Å². The van der Waals surface area contributed by atoms with Crippen LogP contribution in [0, 0.1) is 5.92 Å². The third kappa shape index (κ3) is 2.63. The predicted octanol–water partition coefficient (Wildman–Crippen LogP) is 4.37. The highest BCUT2D eigenvalue weighted by molar-refractivity contribution is 5.44. The van der Waals surface area contributed by atoms with E-state index < -0.39 is 5.60 Å². The summed E-state index contributed by atoms with van der Waals surface area (Å²) in [5.74, 6) is 0.864. The molecular formula is C22H26O2. The molecule has 1 unspecified atom stereocenters. The van der Waals surface area contributed by atoms with Crippen LogP contribution in [-0.4, -0.2) is 15.8 Å². The largest absolute Gasteiger partial charge is 0.508 e. The fraction of sp³-hybridized carbons (Fsp3) is 0.455. The molecule has 2 heteroatoms. The number of aromatic hydroxyl groups is 1. The lowest BCUT2D eigenvalue weighted by Crippen LogP contribution is -2.50. The van der Waals surface area contributed by atoms with Crippen LogP contribution in [0.25, 0.3) is 0 Å². The van der Waals surface area contributed by atoms with E-state index in [0.717, 1.165) is 38.5 Å². The molecule has 2 aromatic rings. The summed E-state index contributed by atoms with van der Waals surface area (Å²) in [5, 5.41) is 20.5. The van der Waals surface area contributed by atoms with Crippen LogP contribution in [0.5, 0.6) is 5.75 Å². The molecular weight excluding hydrogens is 296 g/mol. The van der Waals surface area contributed by atoms with Gasteiger partial charge in [-0.15, -0.1) is 0 Å². The molecule has 3 atom stereocenters. The first-order valence-electron chi connectivity index (χ1n) is 9.07. The van der Waals surface area contributed by atoms with Crippen LogP contribution >= 0.6 is 0 Å². The van der Waals surface area contributed by atoms with E-state index in [-0.39, 0.29) is 5.41 Å². The van der Waals surface area contributed by atoms with Crippen molar-refractivity contribution in [2.24, 2.45) is 5.92 Å². The van der Waals surface area contributed by atoms with Crippen LogP contribution in [0.4, 0.5) is 0 Å².